The number of hydrogen-bond acceptors (Lipinski definition) is 7. The molecule has 8 heteroatoms. The number of aromatic nitrogens is 3. The minimum Gasteiger partial charge on any atom is -0.497 e. The maximum atomic E-state index is 5.41. The Balaban J connectivity index is 1.36. The first-order valence-corrected chi connectivity index (χ1v) is 10.7. The highest BCUT2D eigenvalue weighted by Crippen LogP contribution is 2.31. The van der Waals surface area contributed by atoms with Crippen molar-refractivity contribution in [3.63, 3.8) is 0 Å². The van der Waals surface area contributed by atoms with E-state index in [9.17, 15) is 0 Å². The summed E-state index contributed by atoms with van der Waals surface area (Å²) >= 11 is 1.65. The number of benzene rings is 1. The van der Waals surface area contributed by atoms with Crippen LogP contribution in [0.4, 0.5) is 5.13 Å². The zero-order valence-electron chi connectivity index (χ0n) is 16.9. The smallest absolute Gasteiger partial charge is 0.183 e. The largest absolute Gasteiger partial charge is 0.497 e. The van der Waals surface area contributed by atoms with E-state index in [0.29, 0.717) is 6.54 Å². The second-order valence-electron chi connectivity index (χ2n) is 7.06. The molecule has 1 N–H and O–H groups in total. The van der Waals surface area contributed by atoms with E-state index in [1.54, 1.807) is 18.4 Å². The van der Waals surface area contributed by atoms with Gasteiger partial charge in [-0.2, -0.15) is 5.10 Å². The molecule has 0 atom stereocenters. The first kappa shape index (κ1) is 19.9. The van der Waals surface area contributed by atoms with Crippen molar-refractivity contribution in [1.82, 2.24) is 19.7 Å². The number of hydrogen-bond donors (Lipinski definition) is 1. The van der Waals surface area contributed by atoms with E-state index < -0.39 is 0 Å². The first-order chi connectivity index (χ1) is 14.2. The summed E-state index contributed by atoms with van der Waals surface area (Å²) in [7, 11) is 1.68. The van der Waals surface area contributed by atoms with Crippen molar-refractivity contribution in [3.8, 4) is 16.3 Å². The Kier molecular flexibility index (Phi) is 6.43. The average molecular weight is 414 g/mol. The van der Waals surface area contributed by atoms with Crippen molar-refractivity contribution in [1.29, 1.82) is 0 Å². The predicted octanol–water partition coefficient (Wildman–Crippen LogP) is 3.27. The van der Waals surface area contributed by atoms with Gasteiger partial charge in [-0.25, -0.2) is 4.98 Å². The lowest BCUT2D eigenvalue weighted by Gasteiger charge is -2.26. The second kappa shape index (κ2) is 9.39. The summed E-state index contributed by atoms with van der Waals surface area (Å²) in [6.45, 7) is 8.30. The fraction of sp³-hybridized carbons (Fsp3) is 0.429. The van der Waals surface area contributed by atoms with Crippen molar-refractivity contribution in [2.45, 2.75) is 20.0 Å². The molecule has 3 aromatic rings. The molecule has 1 fully saturated rings. The molecule has 1 aromatic carbocycles. The van der Waals surface area contributed by atoms with Gasteiger partial charge in [0.1, 0.15) is 11.4 Å². The van der Waals surface area contributed by atoms with Crippen LogP contribution in [0.1, 0.15) is 11.3 Å². The quantitative estimate of drug-likeness (QED) is 0.612. The summed E-state index contributed by atoms with van der Waals surface area (Å²) in [4.78, 5) is 8.21. The van der Waals surface area contributed by atoms with Gasteiger partial charge in [0.15, 0.2) is 5.13 Å². The van der Waals surface area contributed by atoms with Gasteiger partial charge in [0.25, 0.3) is 0 Å². The van der Waals surface area contributed by atoms with Crippen LogP contribution < -0.4 is 10.1 Å². The van der Waals surface area contributed by atoms with Crippen LogP contribution in [0.2, 0.25) is 0 Å². The van der Waals surface area contributed by atoms with Gasteiger partial charge in [0.2, 0.25) is 0 Å². The molecule has 1 saturated heterocycles. The number of methoxy groups -OCH3 is 1. The van der Waals surface area contributed by atoms with Crippen LogP contribution in [0.15, 0.2) is 36.5 Å². The molecule has 29 heavy (non-hydrogen) atoms. The van der Waals surface area contributed by atoms with Crippen molar-refractivity contribution in [2.75, 3.05) is 45.3 Å². The van der Waals surface area contributed by atoms with Crippen LogP contribution in [-0.2, 0) is 17.8 Å². The second-order valence-corrected chi connectivity index (χ2v) is 8.06. The molecule has 0 unspecified atom stereocenters. The van der Waals surface area contributed by atoms with Crippen LogP contribution in [0.5, 0.6) is 5.75 Å². The maximum absolute atomic E-state index is 5.41. The summed E-state index contributed by atoms with van der Waals surface area (Å²) < 4.78 is 12.7. The van der Waals surface area contributed by atoms with Gasteiger partial charge in [0, 0.05) is 32.4 Å². The Labute approximate surface area is 175 Å². The number of thiazole rings is 1. The predicted molar refractivity (Wildman–Crippen MR) is 116 cm³/mol. The lowest BCUT2D eigenvalue weighted by atomic mass is 10.2. The lowest BCUT2D eigenvalue weighted by Crippen LogP contribution is -2.38. The fourth-order valence-corrected chi connectivity index (χ4v) is 4.27. The van der Waals surface area contributed by atoms with Gasteiger partial charge in [-0.3, -0.25) is 9.58 Å². The van der Waals surface area contributed by atoms with Crippen LogP contribution in [0.3, 0.4) is 0 Å². The summed E-state index contributed by atoms with van der Waals surface area (Å²) in [6, 6.07) is 10.1. The van der Waals surface area contributed by atoms with Gasteiger partial charge in [0.05, 0.1) is 37.4 Å². The fourth-order valence-electron chi connectivity index (χ4n) is 3.35. The molecule has 0 aliphatic carbocycles. The minimum absolute atomic E-state index is 0.706. The molecule has 0 amide bonds. The summed E-state index contributed by atoms with van der Waals surface area (Å²) in [6.07, 6.45) is 2.05. The molecule has 1 aliphatic rings. The van der Waals surface area contributed by atoms with Gasteiger partial charge in [-0.1, -0.05) is 23.5 Å². The maximum Gasteiger partial charge on any atom is 0.183 e. The van der Waals surface area contributed by atoms with Gasteiger partial charge >= 0.3 is 0 Å². The number of nitrogens with one attached hydrogen (secondary N) is 1. The molecule has 0 radical (unpaired) electrons. The Morgan fingerprint density at radius 1 is 1.21 bits per heavy atom. The monoisotopic (exact) mass is 413 g/mol. The van der Waals surface area contributed by atoms with E-state index in [4.69, 9.17) is 14.6 Å². The van der Waals surface area contributed by atoms with E-state index in [2.05, 4.69) is 33.5 Å². The molecule has 154 valence electrons. The van der Waals surface area contributed by atoms with E-state index in [1.807, 2.05) is 29.8 Å². The highest BCUT2D eigenvalue weighted by atomic mass is 32.1. The zero-order valence-corrected chi connectivity index (χ0v) is 17.7. The Morgan fingerprint density at radius 3 is 2.90 bits per heavy atom. The van der Waals surface area contributed by atoms with Crippen LogP contribution >= 0.6 is 11.3 Å². The van der Waals surface area contributed by atoms with Crippen molar-refractivity contribution in [2.24, 2.45) is 0 Å². The lowest BCUT2D eigenvalue weighted by molar-refractivity contribution is 0.0360. The molecule has 0 saturated carbocycles. The normalized spacial score (nSPS) is 14.8. The SMILES string of the molecule is COc1cccc(CNc2nc(C)c(-c3ccn(CCN4CCOCC4)n3)s2)c1. The summed E-state index contributed by atoms with van der Waals surface area (Å²) in [5.41, 5.74) is 3.14. The van der Waals surface area contributed by atoms with Crippen molar-refractivity contribution in [3.05, 3.63) is 47.8 Å². The molecule has 0 bridgehead atoms. The van der Waals surface area contributed by atoms with Crippen molar-refractivity contribution < 1.29 is 9.47 Å². The Morgan fingerprint density at radius 2 is 2.07 bits per heavy atom. The van der Waals surface area contributed by atoms with Gasteiger partial charge in [-0.15, -0.1) is 0 Å². The molecular weight excluding hydrogens is 386 g/mol. The molecular formula is C21H27N5O2S. The third-order valence-electron chi connectivity index (χ3n) is 5.00. The molecule has 4 rings (SSSR count). The highest BCUT2D eigenvalue weighted by molar-refractivity contribution is 7.19. The van der Waals surface area contributed by atoms with E-state index in [1.165, 1.54) is 0 Å². The number of aryl methyl sites for hydroxylation is 1. The zero-order chi connectivity index (χ0) is 20.1. The minimum atomic E-state index is 0.706. The number of ether oxygens (including phenoxy) is 2. The standard InChI is InChI=1S/C21H27N5O2S/c1-16-20(19-6-7-26(24-19)9-8-25-10-12-28-13-11-25)29-21(23-16)22-15-17-4-3-5-18(14-17)27-2/h3-7,14H,8-13,15H2,1-2H3,(H,22,23). The van der Waals surface area contributed by atoms with Crippen LogP contribution in [-0.4, -0.2) is 59.6 Å². The molecule has 0 spiro atoms. The number of anilines is 1. The molecule has 1 aliphatic heterocycles. The first-order valence-electron chi connectivity index (χ1n) is 9.89. The third-order valence-corrected chi connectivity index (χ3v) is 6.13. The molecule has 7 nitrogen and oxygen atoms in total. The van der Waals surface area contributed by atoms with E-state index >= 15 is 0 Å². The highest BCUT2D eigenvalue weighted by Gasteiger charge is 2.14. The van der Waals surface area contributed by atoms with Gasteiger partial charge in [-0.05, 0) is 30.7 Å². The third kappa shape index (κ3) is 5.14. The van der Waals surface area contributed by atoms with E-state index in [-0.39, 0.29) is 0 Å². The van der Waals surface area contributed by atoms with Crippen LogP contribution in [0.25, 0.3) is 10.6 Å². The van der Waals surface area contributed by atoms with E-state index in [0.717, 1.165) is 72.1 Å². The topological polar surface area (TPSA) is 64.4 Å². The summed E-state index contributed by atoms with van der Waals surface area (Å²) in [5.74, 6) is 0.864. The summed E-state index contributed by atoms with van der Waals surface area (Å²) in [5, 5.41) is 9.09. The Bertz CT molecular complexity index is 933. The molecule has 2 aromatic heterocycles. The Hall–Kier alpha value is -2.42. The number of morpholine rings is 1. The van der Waals surface area contributed by atoms with Crippen molar-refractivity contribution >= 4 is 16.5 Å². The van der Waals surface area contributed by atoms with Gasteiger partial charge < -0.3 is 14.8 Å². The van der Waals surface area contributed by atoms with Crippen LogP contribution in [0, 0.1) is 6.92 Å². The number of nitrogens with zero attached hydrogens (tertiary/aromatic N) is 4. The average Bonchev–Trinajstić information content (AvgIpc) is 3.38. The molecule has 3 heterocycles. The number of rotatable bonds is 8.